The van der Waals surface area contributed by atoms with Crippen molar-refractivity contribution in [2.75, 3.05) is 25.5 Å². The predicted molar refractivity (Wildman–Crippen MR) is 88.5 cm³/mol. The number of aromatic nitrogens is 1. The minimum absolute atomic E-state index is 0.0861. The third-order valence-corrected chi connectivity index (χ3v) is 3.51. The molecule has 1 N–H and O–H groups in total. The van der Waals surface area contributed by atoms with Gasteiger partial charge in [0.2, 0.25) is 0 Å². The van der Waals surface area contributed by atoms with Crippen molar-refractivity contribution in [3.05, 3.63) is 23.4 Å². The fraction of sp³-hybridized carbons (Fsp3) is 0.706. The van der Waals surface area contributed by atoms with Gasteiger partial charge in [-0.1, -0.05) is 40.5 Å². The maximum Gasteiger partial charge on any atom is 0.128 e. The molecule has 0 saturated carbocycles. The van der Waals surface area contributed by atoms with Crippen LogP contribution in [0, 0.1) is 0 Å². The molecule has 0 atom stereocenters. The summed E-state index contributed by atoms with van der Waals surface area (Å²) in [4.78, 5) is 7.15. The lowest BCUT2D eigenvalue weighted by Gasteiger charge is -2.24. The van der Waals surface area contributed by atoms with Crippen LogP contribution in [-0.2, 0) is 12.0 Å². The number of unbranched alkanes of at least 4 members (excludes halogenated alkanes) is 2. The third-order valence-electron chi connectivity index (χ3n) is 3.51. The van der Waals surface area contributed by atoms with E-state index in [0.717, 1.165) is 18.9 Å². The second-order valence-corrected chi connectivity index (χ2v) is 6.63. The highest BCUT2D eigenvalue weighted by atomic mass is 15.2. The summed E-state index contributed by atoms with van der Waals surface area (Å²) in [7, 11) is 4.13. The molecular formula is C17H31N3. The van der Waals surface area contributed by atoms with Crippen molar-refractivity contribution in [1.29, 1.82) is 0 Å². The first-order valence-electron chi connectivity index (χ1n) is 7.75. The summed E-state index contributed by atoms with van der Waals surface area (Å²) in [6, 6.07) is 4.43. The molecule has 0 saturated heterocycles. The van der Waals surface area contributed by atoms with E-state index in [-0.39, 0.29) is 5.41 Å². The molecule has 0 unspecified atom stereocenters. The van der Waals surface area contributed by atoms with Crippen molar-refractivity contribution >= 4 is 5.82 Å². The molecule has 0 fully saturated rings. The molecular weight excluding hydrogens is 246 g/mol. The first-order chi connectivity index (χ1) is 9.38. The first-order valence-corrected chi connectivity index (χ1v) is 7.75. The SMILES string of the molecule is CCCCCN(C)c1cc(CNC)cc(C(C)(C)C)n1. The molecule has 1 heterocycles. The summed E-state index contributed by atoms with van der Waals surface area (Å²) in [5.74, 6) is 1.10. The summed E-state index contributed by atoms with van der Waals surface area (Å²) in [5.41, 5.74) is 2.57. The smallest absolute Gasteiger partial charge is 0.128 e. The van der Waals surface area contributed by atoms with Gasteiger partial charge in [0.25, 0.3) is 0 Å². The Bertz CT molecular complexity index is 407. The van der Waals surface area contributed by atoms with Gasteiger partial charge in [-0.3, -0.25) is 0 Å². The van der Waals surface area contributed by atoms with Crippen LogP contribution in [0.3, 0.4) is 0 Å². The molecule has 114 valence electrons. The number of pyridine rings is 1. The van der Waals surface area contributed by atoms with Crippen molar-refractivity contribution in [1.82, 2.24) is 10.3 Å². The topological polar surface area (TPSA) is 28.2 Å². The standard InChI is InChI=1S/C17H31N3/c1-7-8-9-10-20(6)16-12-14(13-18-5)11-15(19-16)17(2,3)4/h11-12,18H,7-10,13H2,1-6H3. The lowest BCUT2D eigenvalue weighted by atomic mass is 9.90. The maximum absolute atomic E-state index is 4.86. The van der Waals surface area contributed by atoms with Gasteiger partial charge in [-0.15, -0.1) is 0 Å². The fourth-order valence-electron chi connectivity index (χ4n) is 2.17. The van der Waals surface area contributed by atoms with Gasteiger partial charge in [-0.25, -0.2) is 4.98 Å². The largest absolute Gasteiger partial charge is 0.360 e. The molecule has 1 aromatic rings. The molecule has 1 aromatic heterocycles. The molecule has 3 nitrogen and oxygen atoms in total. The summed E-state index contributed by atoms with van der Waals surface area (Å²) >= 11 is 0. The fourth-order valence-corrected chi connectivity index (χ4v) is 2.17. The van der Waals surface area contributed by atoms with Gasteiger partial charge in [-0.2, -0.15) is 0 Å². The van der Waals surface area contributed by atoms with E-state index in [4.69, 9.17) is 4.98 Å². The molecule has 3 heteroatoms. The molecule has 0 bridgehead atoms. The number of nitrogens with zero attached hydrogens (tertiary/aromatic N) is 2. The molecule has 0 aromatic carbocycles. The summed E-state index contributed by atoms with van der Waals surface area (Å²) in [6.07, 6.45) is 3.77. The van der Waals surface area contributed by atoms with E-state index in [1.54, 1.807) is 0 Å². The zero-order valence-corrected chi connectivity index (χ0v) is 14.1. The lowest BCUT2D eigenvalue weighted by Crippen LogP contribution is -2.23. The van der Waals surface area contributed by atoms with Crippen LogP contribution in [-0.4, -0.2) is 25.6 Å². The van der Waals surface area contributed by atoms with Crippen LogP contribution in [0.15, 0.2) is 12.1 Å². The van der Waals surface area contributed by atoms with Gasteiger partial charge in [0, 0.05) is 31.2 Å². The van der Waals surface area contributed by atoms with E-state index < -0.39 is 0 Å². The molecule has 1 rings (SSSR count). The molecule has 0 amide bonds. The van der Waals surface area contributed by atoms with Crippen molar-refractivity contribution in [2.45, 2.75) is 58.9 Å². The minimum Gasteiger partial charge on any atom is -0.360 e. The zero-order chi connectivity index (χ0) is 15.2. The van der Waals surface area contributed by atoms with Crippen LogP contribution in [0.2, 0.25) is 0 Å². The monoisotopic (exact) mass is 277 g/mol. The van der Waals surface area contributed by atoms with Crippen molar-refractivity contribution in [2.24, 2.45) is 0 Å². The van der Waals surface area contributed by atoms with Gasteiger partial charge < -0.3 is 10.2 Å². The molecule has 20 heavy (non-hydrogen) atoms. The number of nitrogens with one attached hydrogen (secondary N) is 1. The Morgan fingerprint density at radius 1 is 1.20 bits per heavy atom. The first kappa shape index (κ1) is 17.0. The number of hydrogen-bond acceptors (Lipinski definition) is 3. The van der Waals surface area contributed by atoms with E-state index >= 15 is 0 Å². The zero-order valence-electron chi connectivity index (χ0n) is 14.1. The average molecular weight is 277 g/mol. The molecule has 0 aliphatic heterocycles. The molecule has 0 aliphatic carbocycles. The van der Waals surface area contributed by atoms with Gasteiger partial charge in [0.05, 0.1) is 0 Å². The minimum atomic E-state index is 0.0861. The Morgan fingerprint density at radius 2 is 1.90 bits per heavy atom. The van der Waals surface area contributed by atoms with E-state index in [0.29, 0.717) is 0 Å². The van der Waals surface area contributed by atoms with Crippen LogP contribution in [0.5, 0.6) is 0 Å². The van der Waals surface area contributed by atoms with E-state index in [2.05, 4.69) is 57.1 Å². The number of rotatable bonds is 7. The highest BCUT2D eigenvalue weighted by Crippen LogP contribution is 2.24. The molecule has 0 spiro atoms. The van der Waals surface area contributed by atoms with Crippen LogP contribution in [0.25, 0.3) is 0 Å². The van der Waals surface area contributed by atoms with Crippen LogP contribution in [0.1, 0.15) is 58.2 Å². The maximum atomic E-state index is 4.86. The normalized spacial score (nSPS) is 11.7. The molecule has 0 radical (unpaired) electrons. The lowest BCUT2D eigenvalue weighted by molar-refractivity contribution is 0.566. The van der Waals surface area contributed by atoms with Crippen molar-refractivity contribution in [3.63, 3.8) is 0 Å². The Morgan fingerprint density at radius 3 is 2.45 bits per heavy atom. The Hall–Kier alpha value is -1.09. The Labute approximate surface area is 124 Å². The van der Waals surface area contributed by atoms with Crippen molar-refractivity contribution < 1.29 is 0 Å². The highest BCUT2D eigenvalue weighted by molar-refractivity contribution is 5.43. The average Bonchev–Trinajstić information content (AvgIpc) is 2.38. The Kier molecular flexibility index (Phi) is 6.47. The summed E-state index contributed by atoms with van der Waals surface area (Å²) < 4.78 is 0. The van der Waals surface area contributed by atoms with Gasteiger partial charge in [-0.05, 0) is 31.2 Å². The Balaban J connectivity index is 2.96. The highest BCUT2D eigenvalue weighted by Gasteiger charge is 2.18. The third kappa shape index (κ3) is 5.12. The van der Waals surface area contributed by atoms with E-state index in [1.165, 1.54) is 30.5 Å². The second kappa shape index (κ2) is 7.63. The van der Waals surface area contributed by atoms with Gasteiger partial charge >= 0.3 is 0 Å². The van der Waals surface area contributed by atoms with Gasteiger partial charge in [0.15, 0.2) is 0 Å². The van der Waals surface area contributed by atoms with Crippen LogP contribution in [0.4, 0.5) is 5.82 Å². The number of anilines is 1. The number of hydrogen-bond donors (Lipinski definition) is 1. The van der Waals surface area contributed by atoms with E-state index in [1.807, 2.05) is 7.05 Å². The summed E-state index contributed by atoms with van der Waals surface area (Å²) in [5, 5.41) is 3.23. The van der Waals surface area contributed by atoms with Crippen molar-refractivity contribution in [3.8, 4) is 0 Å². The van der Waals surface area contributed by atoms with Crippen LogP contribution < -0.4 is 10.2 Å². The van der Waals surface area contributed by atoms with E-state index in [9.17, 15) is 0 Å². The predicted octanol–water partition coefficient (Wildman–Crippen LogP) is 3.72. The quantitative estimate of drug-likeness (QED) is 0.770. The van der Waals surface area contributed by atoms with Crippen LogP contribution >= 0.6 is 0 Å². The summed E-state index contributed by atoms with van der Waals surface area (Å²) in [6.45, 7) is 10.9. The molecule has 0 aliphatic rings. The second-order valence-electron chi connectivity index (χ2n) is 6.63. The van der Waals surface area contributed by atoms with Gasteiger partial charge in [0.1, 0.15) is 5.82 Å².